The van der Waals surface area contributed by atoms with Crippen molar-refractivity contribution >= 4 is 5.91 Å². The summed E-state index contributed by atoms with van der Waals surface area (Å²) in [5.41, 5.74) is 8.73. The van der Waals surface area contributed by atoms with Crippen LogP contribution in [0, 0.1) is 17.6 Å². The van der Waals surface area contributed by atoms with Crippen molar-refractivity contribution in [3.8, 4) is 11.1 Å². The molecule has 3 aromatic carbocycles. The van der Waals surface area contributed by atoms with Gasteiger partial charge in [-0.05, 0) is 111 Å². The minimum absolute atomic E-state index is 0.118. The summed E-state index contributed by atoms with van der Waals surface area (Å²) < 4.78 is 70.3. The van der Waals surface area contributed by atoms with E-state index in [0.717, 1.165) is 61.1 Å². The summed E-state index contributed by atoms with van der Waals surface area (Å²) in [5.74, 6) is -2.58. The molecule has 1 unspecified atom stereocenters. The number of nitrogens with zero attached hydrogens (tertiary/aromatic N) is 2. The van der Waals surface area contributed by atoms with E-state index in [1.807, 2.05) is 28.8 Å². The van der Waals surface area contributed by atoms with Crippen LogP contribution in [-0.2, 0) is 48.6 Å². The van der Waals surface area contributed by atoms with E-state index < -0.39 is 34.8 Å². The quantitative estimate of drug-likeness (QED) is 0.180. The Morgan fingerprint density at radius 2 is 1.55 bits per heavy atom. The molecule has 1 amide bonds. The number of hydrogen-bond donors (Lipinski definition) is 1. The SMILES string of the molecule is CCN1CCC(C(Cc2ccc(-c3ccc(C(F)(F)F)cc3)cc2)(C(N)=O)n2c(CCc3cccc(F)c3F)cc(=O)c3c2CCC3)CC1. The molecule has 5 nitrogen and oxygen atoms in total. The number of carbonyl (C=O) groups excluding carboxylic acids is 1. The number of aromatic nitrogens is 1. The van der Waals surface area contributed by atoms with E-state index >= 15 is 0 Å². The van der Waals surface area contributed by atoms with Crippen molar-refractivity contribution in [1.82, 2.24) is 9.47 Å². The second kappa shape index (κ2) is 13.9. The Hall–Kier alpha value is -4.31. The second-order valence-corrected chi connectivity index (χ2v) is 13.3. The Labute approximate surface area is 282 Å². The molecule has 4 aromatic rings. The molecule has 0 saturated carbocycles. The van der Waals surface area contributed by atoms with Gasteiger partial charge in [-0.1, -0.05) is 55.5 Å². The molecule has 1 aliphatic heterocycles. The van der Waals surface area contributed by atoms with Crippen molar-refractivity contribution in [2.45, 2.75) is 70.0 Å². The number of piperidine rings is 1. The molecule has 49 heavy (non-hydrogen) atoms. The monoisotopic (exact) mass is 677 g/mol. The Bertz CT molecular complexity index is 1880. The van der Waals surface area contributed by atoms with E-state index in [2.05, 4.69) is 11.8 Å². The maximum Gasteiger partial charge on any atom is 0.416 e. The molecule has 0 radical (unpaired) electrons. The third kappa shape index (κ3) is 6.80. The lowest BCUT2D eigenvalue weighted by atomic mass is 9.72. The van der Waals surface area contributed by atoms with Crippen LogP contribution in [0.5, 0.6) is 0 Å². The standard InChI is InChI=1S/C39H40F5N3O2/c1-2-46-21-19-29(20-22-46)38(37(45)49,24-25-9-11-26(12-10-25)27-13-16-30(17-14-27)39(42,43)44)47-31(23-35(48)32-6-4-8-34(32)47)18-15-28-5-3-7-33(40)36(28)41/h3,5,7,9-14,16-17,23,29H,2,4,6,8,15,18-22,24H2,1H3,(H2,45,49). The minimum atomic E-state index is -4.43. The number of hydrogen-bond acceptors (Lipinski definition) is 3. The van der Waals surface area contributed by atoms with Crippen molar-refractivity contribution in [3.63, 3.8) is 0 Å². The first-order valence-electron chi connectivity index (χ1n) is 16.9. The van der Waals surface area contributed by atoms with E-state index in [9.17, 15) is 31.5 Å². The molecule has 2 aliphatic rings. The minimum Gasteiger partial charge on any atom is -0.368 e. The van der Waals surface area contributed by atoms with Crippen LogP contribution in [-0.4, -0.2) is 35.0 Å². The third-order valence-corrected chi connectivity index (χ3v) is 10.5. The number of rotatable bonds is 10. The van der Waals surface area contributed by atoms with Gasteiger partial charge in [0.2, 0.25) is 5.91 Å². The molecule has 0 bridgehead atoms. The summed E-state index contributed by atoms with van der Waals surface area (Å²) >= 11 is 0. The van der Waals surface area contributed by atoms with Crippen LogP contribution >= 0.6 is 0 Å². The molecule has 1 fully saturated rings. The van der Waals surface area contributed by atoms with Crippen LogP contribution in [0.25, 0.3) is 11.1 Å². The van der Waals surface area contributed by atoms with Gasteiger partial charge in [0.25, 0.3) is 0 Å². The predicted molar refractivity (Wildman–Crippen MR) is 179 cm³/mol. The van der Waals surface area contributed by atoms with Gasteiger partial charge in [0, 0.05) is 29.4 Å². The molecule has 0 spiro atoms. The highest BCUT2D eigenvalue weighted by Crippen LogP contribution is 2.42. The molecule has 6 rings (SSSR count). The van der Waals surface area contributed by atoms with Gasteiger partial charge in [0.05, 0.1) is 5.56 Å². The molecule has 2 N–H and O–H groups in total. The Morgan fingerprint density at radius 3 is 2.16 bits per heavy atom. The molecular formula is C39H40F5N3O2. The zero-order valence-corrected chi connectivity index (χ0v) is 27.5. The zero-order valence-electron chi connectivity index (χ0n) is 27.5. The van der Waals surface area contributed by atoms with Crippen LogP contribution in [0.1, 0.15) is 59.8 Å². The van der Waals surface area contributed by atoms with E-state index in [1.54, 1.807) is 6.07 Å². The fourth-order valence-electron chi connectivity index (χ4n) is 7.91. The summed E-state index contributed by atoms with van der Waals surface area (Å²) in [6, 6.07) is 18.0. The van der Waals surface area contributed by atoms with Crippen LogP contribution < -0.4 is 11.2 Å². The average Bonchev–Trinajstić information content (AvgIpc) is 3.59. The van der Waals surface area contributed by atoms with Crippen LogP contribution in [0.3, 0.4) is 0 Å². The summed E-state index contributed by atoms with van der Waals surface area (Å²) in [6.07, 6.45) is -0.592. The number of carbonyl (C=O) groups is 1. The van der Waals surface area contributed by atoms with Gasteiger partial charge < -0.3 is 15.2 Å². The van der Waals surface area contributed by atoms with Gasteiger partial charge in [0.15, 0.2) is 17.1 Å². The van der Waals surface area contributed by atoms with E-state index in [0.29, 0.717) is 42.5 Å². The Balaban J connectivity index is 1.45. The number of nitrogens with two attached hydrogens (primary N) is 1. The zero-order chi connectivity index (χ0) is 34.9. The fraction of sp³-hybridized carbons (Fsp3) is 0.385. The van der Waals surface area contributed by atoms with Crippen molar-refractivity contribution in [1.29, 1.82) is 0 Å². The number of alkyl halides is 3. The van der Waals surface area contributed by atoms with Crippen molar-refractivity contribution in [2.75, 3.05) is 19.6 Å². The number of likely N-dealkylation sites (tertiary alicyclic amines) is 1. The number of primary amides is 1. The Kier molecular flexibility index (Phi) is 9.80. The number of pyridine rings is 1. The van der Waals surface area contributed by atoms with Crippen LogP contribution in [0.2, 0.25) is 0 Å². The lowest BCUT2D eigenvalue weighted by Crippen LogP contribution is -2.57. The molecule has 1 aliphatic carbocycles. The van der Waals surface area contributed by atoms with Gasteiger partial charge in [-0.2, -0.15) is 13.2 Å². The first-order chi connectivity index (χ1) is 23.4. The first-order valence-corrected chi connectivity index (χ1v) is 16.9. The van der Waals surface area contributed by atoms with E-state index in [-0.39, 0.29) is 36.2 Å². The first kappa shape index (κ1) is 34.5. The lowest BCUT2D eigenvalue weighted by Gasteiger charge is -2.46. The predicted octanol–water partition coefficient (Wildman–Crippen LogP) is 7.24. The highest BCUT2D eigenvalue weighted by atomic mass is 19.4. The summed E-state index contributed by atoms with van der Waals surface area (Å²) in [7, 11) is 0. The Morgan fingerprint density at radius 1 is 0.898 bits per heavy atom. The van der Waals surface area contributed by atoms with Crippen LogP contribution in [0.4, 0.5) is 22.0 Å². The fourth-order valence-corrected chi connectivity index (χ4v) is 7.91. The molecule has 1 saturated heterocycles. The van der Waals surface area contributed by atoms with E-state index in [1.165, 1.54) is 24.3 Å². The van der Waals surface area contributed by atoms with Gasteiger partial charge in [-0.25, -0.2) is 8.78 Å². The number of halogens is 5. The summed E-state index contributed by atoms with van der Waals surface area (Å²) in [4.78, 5) is 30.0. The molecule has 1 atom stereocenters. The molecule has 258 valence electrons. The number of aryl methyl sites for hydroxylation is 2. The maximum absolute atomic E-state index is 14.8. The average molecular weight is 678 g/mol. The lowest BCUT2D eigenvalue weighted by molar-refractivity contribution is -0.137. The topological polar surface area (TPSA) is 68.3 Å². The van der Waals surface area contributed by atoms with Gasteiger partial charge in [0.1, 0.15) is 5.54 Å². The molecule has 10 heteroatoms. The highest BCUT2D eigenvalue weighted by molar-refractivity contribution is 5.84. The normalized spacial score (nSPS) is 16.8. The van der Waals surface area contributed by atoms with Crippen molar-refractivity contribution in [2.24, 2.45) is 11.7 Å². The summed E-state index contributed by atoms with van der Waals surface area (Å²) in [6.45, 7) is 4.52. The largest absolute Gasteiger partial charge is 0.416 e. The van der Waals surface area contributed by atoms with Gasteiger partial charge in [-0.15, -0.1) is 0 Å². The van der Waals surface area contributed by atoms with Gasteiger partial charge >= 0.3 is 6.18 Å². The van der Waals surface area contributed by atoms with E-state index in [4.69, 9.17) is 5.73 Å². The number of fused-ring (bicyclic) bond motifs is 1. The summed E-state index contributed by atoms with van der Waals surface area (Å²) in [5, 5.41) is 0. The molecule has 1 aromatic heterocycles. The van der Waals surface area contributed by atoms with Crippen molar-refractivity contribution in [3.05, 3.63) is 128 Å². The smallest absolute Gasteiger partial charge is 0.368 e. The number of benzene rings is 3. The highest BCUT2D eigenvalue weighted by Gasteiger charge is 2.49. The van der Waals surface area contributed by atoms with Gasteiger partial charge in [-0.3, -0.25) is 9.59 Å². The van der Waals surface area contributed by atoms with Crippen molar-refractivity contribution < 1.29 is 26.7 Å². The van der Waals surface area contributed by atoms with Crippen LogP contribution in [0.15, 0.2) is 77.6 Å². The molecule has 2 heterocycles. The molecular weight excluding hydrogens is 637 g/mol. The third-order valence-electron chi connectivity index (χ3n) is 10.5. The number of amides is 1. The second-order valence-electron chi connectivity index (χ2n) is 13.3. The maximum atomic E-state index is 14.8.